The first-order valence-corrected chi connectivity index (χ1v) is 6.45. The summed E-state index contributed by atoms with van der Waals surface area (Å²) in [4.78, 5) is 0. The van der Waals surface area contributed by atoms with E-state index in [2.05, 4.69) is 33.0 Å². The summed E-state index contributed by atoms with van der Waals surface area (Å²) in [6, 6.07) is 1.12. The van der Waals surface area contributed by atoms with Gasteiger partial charge in [-0.25, -0.2) is 0 Å². The summed E-state index contributed by atoms with van der Waals surface area (Å²) in [6.07, 6.45) is 4.63. The molecule has 1 fully saturated rings. The summed E-state index contributed by atoms with van der Waals surface area (Å²) in [6.45, 7) is 8.81. The molecule has 0 heterocycles. The Morgan fingerprint density at radius 2 is 2.00 bits per heavy atom. The fraction of sp³-hybridized carbons (Fsp3) is 1.00. The molecule has 96 valence electrons. The van der Waals surface area contributed by atoms with Crippen molar-refractivity contribution in [1.29, 1.82) is 0 Å². The van der Waals surface area contributed by atoms with Gasteiger partial charge in [-0.05, 0) is 53.4 Å². The van der Waals surface area contributed by atoms with E-state index in [1.807, 2.05) is 0 Å². The highest BCUT2D eigenvalue weighted by Crippen LogP contribution is 2.28. The number of aliphatic hydroxyl groups excluding tert-OH is 1. The van der Waals surface area contributed by atoms with E-state index in [1.165, 1.54) is 0 Å². The second-order valence-electron chi connectivity index (χ2n) is 5.95. The van der Waals surface area contributed by atoms with Crippen LogP contribution in [0.5, 0.6) is 0 Å². The Morgan fingerprint density at radius 1 is 1.38 bits per heavy atom. The van der Waals surface area contributed by atoms with Crippen LogP contribution in [0.15, 0.2) is 0 Å². The van der Waals surface area contributed by atoms with Gasteiger partial charge >= 0.3 is 0 Å². The van der Waals surface area contributed by atoms with Crippen LogP contribution in [0.4, 0.5) is 0 Å². The van der Waals surface area contributed by atoms with Gasteiger partial charge in [0.2, 0.25) is 0 Å². The highest BCUT2D eigenvalue weighted by Gasteiger charge is 2.33. The lowest BCUT2D eigenvalue weighted by molar-refractivity contribution is -0.103. The molecule has 16 heavy (non-hydrogen) atoms. The number of ether oxygens (including phenoxy) is 1. The zero-order valence-corrected chi connectivity index (χ0v) is 11.1. The van der Waals surface area contributed by atoms with Gasteiger partial charge < -0.3 is 15.2 Å². The molecule has 1 unspecified atom stereocenters. The Labute approximate surface area is 99.6 Å². The van der Waals surface area contributed by atoms with Crippen LogP contribution >= 0.6 is 0 Å². The minimum atomic E-state index is -0.0157. The first-order valence-electron chi connectivity index (χ1n) is 6.45. The van der Waals surface area contributed by atoms with E-state index in [4.69, 9.17) is 9.84 Å². The minimum absolute atomic E-state index is 0.0157. The Balaban J connectivity index is 2.07. The van der Waals surface area contributed by atoms with Gasteiger partial charge in [-0.1, -0.05) is 0 Å². The molecule has 1 rings (SSSR count). The zero-order chi connectivity index (χ0) is 12.2. The van der Waals surface area contributed by atoms with Crippen LogP contribution < -0.4 is 5.32 Å². The summed E-state index contributed by atoms with van der Waals surface area (Å²) in [5.41, 5.74) is -0.0157. The standard InChI is InChI=1S/C13H27NO2/c1-10(6-5-7-15)14-11-8-12(9-11)16-13(2,3)4/h10-12,14-15H,5-9H2,1-4H3. The van der Waals surface area contributed by atoms with Crippen molar-refractivity contribution in [3.05, 3.63) is 0 Å². The van der Waals surface area contributed by atoms with E-state index < -0.39 is 0 Å². The maximum Gasteiger partial charge on any atom is 0.0612 e. The van der Waals surface area contributed by atoms with Crippen molar-refractivity contribution in [2.24, 2.45) is 0 Å². The Bertz CT molecular complexity index is 195. The largest absolute Gasteiger partial charge is 0.396 e. The third-order valence-electron chi connectivity index (χ3n) is 2.93. The number of rotatable bonds is 6. The van der Waals surface area contributed by atoms with E-state index >= 15 is 0 Å². The van der Waals surface area contributed by atoms with Gasteiger partial charge in [-0.15, -0.1) is 0 Å². The van der Waals surface area contributed by atoms with Crippen LogP contribution in [0.1, 0.15) is 53.4 Å². The van der Waals surface area contributed by atoms with Gasteiger partial charge in [0.1, 0.15) is 0 Å². The molecule has 0 amide bonds. The second-order valence-corrected chi connectivity index (χ2v) is 5.95. The molecule has 1 saturated carbocycles. The molecule has 0 aromatic heterocycles. The van der Waals surface area contributed by atoms with Gasteiger partial charge in [0.25, 0.3) is 0 Å². The molecule has 0 spiro atoms. The fourth-order valence-corrected chi connectivity index (χ4v) is 2.18. The molecular formula is C13H27NO2. The lowest BCUT2D eigenvalue weighted by Gasteiger charge is -2.41. The predicted molar refractivity (Wildman–Crippen MR) is 66.6 cm³/mol. The summed E-state index contributed by atoms with van der Waals surface area (Å²) in [5, 5.41) is 12.3. The van der Waals surface area contributed by atoms with Gasteiger partial charge in [-0.3, -0.25) is 0 Å². The quantitative estimate of drug-likeness (QED) is 0.733. The van der Waals surface area contributed by atoms with Crippen molar-refractivity contribution >= 4 is 0 Å². The molecule has 0 bridgehead atoms. The average molecular weight is 229 g/mol. The van der Waals surface area contributed by atoms with Gasteiger partial charge in [0.15, 0.2) is 0 Å². The monoisotopic (exact) mass is 229 g/mol. The smallest absolute Gasteiger partial charge is 0.0612 e. The Hall–Kier alpha value is -0.120. The lowest BCUT2D eigenvalue weighted by atomic mass is 9.88. The van der Waals surface area contributed by atoms with E-state index in [0.29, 0.717) is 24.8 Å². The number of hydrogen-bond acceptors (Lipinski definition) is 3. The highest BCUT2D eigenvalue weighted by molar-refractivity contribution is 4.88. The van der Waals surface area contributed by atoms with Crippen molar-refractivity contribution in [2.45, 2.75) is 77.2 Å². The third kappa shape index (κ3) is 5.28. The van der Waals surface area contributed by atoms with Crippen LogP contribution in [0, 0.1) is 0 Å². The van der Waals surface area contributed by atoms with Crippen molar-refractivity contribution in [1.82, 2.24) is 5.32 Å². The summed E-state index contributed by atoms with van der Waals surface area (Å²) in [5.74, 6) is 0. The van der Waals surface area contributed by atoms with Gasteiger partial charge in [0, 0.05) is 18.7 Å². The van der Waals surface area contributed by atoms with Crippen molar-refractivity contribution in [3.8, 4) is 0 Å². The van der Waals surface area contributed by atoms with Gasteiger partial charge in [0.05, 0.1) is 11.7 Å². The summed E-state index contributed by atoms with van der Waals surface area (Å²) < 4.78 is 5.89. The molecule has 3 heteroatoms. The van der Waals surface area contributed by atoms with Crippen LogP contribution in [0.2, 0.25) is 0 Å². The van der Waals surface area contributed by atoms with Gasteiger partial charge in [-0.2, -0.15) is 0 Å². The molecule has 2 N–H and O–H groups in total. The van der Waals surface area contributed by atoms with Crippen molar-refractivity contribution in [2.75, 3.05) is 6.61 Å². The molecule has 0 aromatic carbocycles. The number of nitrogens with one attached hydrogen (secondary N) is 1. The highest BCUT2D eigenvalue weighted by atomic mass is 16.5. The second kappa shape index (κ2) is 5.99. The third-order valence-corrected chi connectivity index (χ3v) is 2.93. The normalized spacial score (nSPS) is 27.6. The SMILES string of the molecule is CC(CCCO)NC1CC(OC(C)(C)C)C1. The maximum atomic E-state index is 8.74. The Kier molecular flexibility index (Phi) is 5.22. The molecule has 0 aromatic rings. The summed E-state index contributed by atoms with van der Waals surface area (Å²) >= 11 is 0. The maximum absolute atomic E-state index is 8.74. The minimum Gasteiger partial charge on any atom is -0.396 e. The first-order chi connectivity index (χ1) is 7.40. The fourth-order valence-electron chi connectivity index (χ4n) is 2.18. The van der Waals surface area contributed by atoms with E-state index in [1.54, 1.807) is 0 Å². The van der Waals surface area contributed by atoms with Crippen LogP contribution in [0.25, 0.3) is 0 Å². The zero-order valence-electron chi connectivity index (χ0n) is 11.1. The van der Waals surface area contributed by atoms with E-state index in [0.717, 1.165) is 25.7 Å². The number of aliphatic hydroxyl groups is 1. The van der Waals surface area contributed by atoms with E-state index in [9.17, 15) is 0 Å². The topological polar surface area (TPSA) is 41.5 Å². The van der Waals surface area contributed by atoms with Crippen molar-refractivity contribution < 1.29 is 9.84 Å². The van der Waals surface area contributed by atoms with Crippen molar-refractivity contribution in [3.63, 3.8) is 0 Å². The van der Waals surface area contributed by atoms with Crippen LogP contribution in [0.3, 0.4) is 0 Å². The van der Waals surface area contributed by atoms with Crippen LogP contribution in [-0.2, 0) is 4.74 Å². The number of hydrogen-bond donors (Lipinski definition) is 2. The molecule has 0 aliphatic heterocycles. The molecule has 3 nitrogen and oxygen atoms in total. The molecule has 1 aliphatic rings. The Morgan fingerprint density at radius 3 is 2.50 bits per heavy atom. The molecule has 1 atom stereocenters. The molecule has 0 radical (unpaired) electrons. The van der Waals surface area contributed by atoms with E-state index in [-0.39, 0.29) is 5.60 Å². The molecular weight excluding hydrogens is 202 g/mol. The average Bonchev–Trinajstić information content (AvgIpc) is 2.09. The lowest BCUT2D eigenvalue weighted by Crippen LogP contribution is -2.50. The predicted octanol–water partition coefficient (Wildman–Crippen LogP) is 2.08. The van der Waals surface area contributed by atoms with Crippen LogP contribution in [-0.4, -0.2) is 35.5 Å². The first kappa shape index (κ1) is 13.9. The molecule has 0 saturated heterocycles. The molecule has 1 aliphatic carbocycles. The summed E-state index contributed by atoms with van der Waals surface area (Å²) in [7, 11) is 0.